The van der Waals surface area contributed by atoms with Crippen LogP contribution in [0.1, 0.15) is 5.56 Å². The van der Waals surface area contributed by atoms with Gasteiger partial charge < -0.3 is 0 Å². The van der Waals surface area contributed by atoms with Crippen molar-refractivity contribution >= 4 is 11.9 Å². The van der Waals surface area contributed by atoms with Gasteiger partial charge in [0.05, 0.1) is 22.6 Å². The number of hydrogen-bond acceptors (Lipinski definition) is 2. The monoisotopic (exact) mass is 339 g/mol. The number of aromatic nitrogens is 2. The first-order chi connectivity index (χ1) is 12.8. The lowest BCUT2D eigenvalue weighted by molar-refractivity contribution is 0.852. The van der Waals surface area contributed by atoms with Crippen LogP contribution in [0, 0.1) is 0 Å². The molecule has 0 radical (unpaired) electrons. The average Bonchev–Trinajstić information content (AvgIpc) is 3.05. The Morgan fingerprint density at radius 3 is 2.00 bits per heavy atom. The number of rotatable bonds is 4. The number of para-hydroxylation sites is 2. The fourth-order valence-corrected chi connectivity index (χ4v) is 2.81. The molecule has 0 saturated heterocycles. The molecule has 4 nitrogen and oxygen atoms in total. The van der Waals surface area contributed by atoms with Crippen LogP contribution in [-0.4, -0.2) is 16.0 Å². The second-order valence-electron chi connectivity index (χ2n) is 5.84. The fourth-order valence-electron chi connectivity index (χ4n) is 2.81. The molecule has 0 aliphatic carbocycles. The quantitative estimate of drug-likeness (QED) is 0.544. The van der Waals surface area contributed by atoms with Crippen molar-refractivity contribution in [1.29, 1.82) is 0 Å². The molecule has 0 aliphatic heterocycles. The molecule has 126 valence electrons. The molecule has 4 aromatic rings. The van der Waals surface area contributed by atoms with Crippen molar-refractivity contribution in [2.75, 3.05) is 0 Å². The average molecular weight is 339 g/mol. The Morgan fingerprint density at radius 1 is 0.769 bits per heavy atom. The molecule has 26 heavy (non-hydrogen) atoms. The van der Waals surface area contributed by atoms with Crippen molar-refractivity contribution in [2.24, 2.45) is 4.99 Å². The van der Waals surface area contributed by atoms with E-state index in [1.807, 2.05) is 91.0 Å². The summed E-state index contributed by atoms with van der Waals surface area (Å²) in [6.45, 7) is 0. The lowest BCUT2D eigenvalue weighted by atomic mass is 10.1. The van der Waals surface area contributed by atoms with Gasteiger partial charge in [-0.2, -0.15) is 0 Å². The highest BCUT2D eigenvalue weighted by Crippen LogP contribution is 2.20. The number of nitrogens with one attached hydrogen (secondary N) is 1. The Kier molecular flexibility index (Phi) is 4.31. The molecule has 0 saturated carbocycles. The maximum Gasteiger partial charge on any atom is 0.280 e. The van der Waals surface area contributed by atoms with E-state index in [-0.39, 0.29) is 5.56 Å². The van der Waals surface area contributed by atoms with E-state index in [4.69, 9.17) is 0 Å². The highest BCUT2D eigenvalue weighted by atomic mass is 16.1. The predicted molar refractivity (Wildman–Crippen MR) is 106 cm³/mol. The first-order valence-corrected chi connectivity index (χ1v) is 8.38. The van der Waals surface area contributed by atoms with Crippen LogP contribution in [-0.2, 0) is 0 Å². The van der Waals surface area contributed by atoms with E-state index in [2.05, 4.69) is 10.1 Å². The normalized spacial score (nSPS) is 11.1. The molecule has 4 heteroatoms. The van der Waals surface area contributed by atoms with Gasteiger partial charge in [-0.25, -0.2) is 4.68 Å². The van der Waals surface area contributed by atoms with E-state index < -0.39 is 0 Å². The molecule has 0 spiro atoms. The molecule has 3 aromatic carbocycles. The Hall–Kier alpha value is -3.66. The molecule has 4 rings (SSSR count). The Balaban J connectivity index is 1.87. The highest BCUT2D eigenvalue weighted by molar-refractivity contribution is 5.90. The van der Waals surface area contributed by atoms with Gasteiger partial charge in [0.25, 0.3) is 5.56 Å². The Bertz CT molecular complexity index is 1080. The van der Waals surface area contributed by atoms with E-state index in [1.54, 1.807) is 10.9 Å². The van der Waals surface area contributed by atoms with Crippen LogP contribution in [0.25, 0.3) is 16.9 Å². The Labute approximate surface area is 151 Å². The lowest BCUT2D eigenvalue weighted by Crippen LogP contribution is -2.17. The standard InChI is InChI=1S/C22H17N3O/c26-22-20(16-23-18-12-6-2-7-13-18)21(17-10-4-1-5-11-17)24-25(22)19-14-8-3-9-15-19/h1-16,24H. The maximum absolute atomic E-state index is 13.0. The van der Waals surface area contributed by atoms with E-state index >= 15 is 0 Å². The van der Waals surface area contributed by atoms with Gasteiger partial charge in [0.2, 0.25) is 0 Å². The molecule has 0 aliphatic rings. The molecule has 0 atom stereocenters. The third-order valence-electron chi connectivity index (χ3n) is 4.10. The summed E-state index contributed by atoms with van der Waals surface area (Å²) in [7, 11) is 0. The summed E-state index contributed by atoms with van der Waals surface area (Å²) in [4.78, 5) is 17.5. The van der Waals surface area contributed by atoms with E-state index in [0.717, 1.165) is 22.6 Å². The van der Waals surface area contributed by atoms with E-state index in [0.29, 0.717) is 5.56 Å². The van der Waals surface area contributed by atoms with Crippen molar-refractivity contribution < 1.29 is 0 Å². The van der Waals surface area contributed by atoms with Crippen LogP contribution in [0.5, 0.6) is 0 Å². The van der Waals surface area contributed by atoms with Crippen LogP contribution < -0.4 is 5.56 Å². The molecule has 1 N–H and O–H groups in total. The smallest absolute Gasteiger partial charge is 0.280 e. The third kappa shape index (κ3) is 3.13. The predicted octanol–water partition coefficient (Wildman–Crippen LogP) is 4.58. The number of benzene rings is 3. The molecular weight excluding hydrogens is 322 g/mol. The molecule has 1 aromatic heterocycles. The minimum Gasteiger partial charge on any atom is -0.290 e. The summed E-state index contributed by atoms with van der Waals surface area (Å²) < 4.78 is 1.55. The number of aliphatic imine (C=N–C) groups is 1. The molecule has 0 fully saturated rings. The van der Waals surface area contributed by atoms with Gasteiger partial charge >= 0.3 is 0 Å². The van der Waals surface area contributed by atoms with Crippen LogP contribution in [0.3, 0.4) is 0 Å². The van der Waals surface area contributed by atoms with Gasteiger partial charge in [-0.1, -0.05) is 66.7 Å². The lowest BCUT2D eigenvalue weighted by Gasteiger charge is -2.01. The topological polar surface area (TPSA) is 50.1 Å². The van der Waals surface area contributed by atoms with Gasteiger partial charge in [-0.3, -0.25) is 14.9 Å². The fraction of sp³-hybridized carbons (Fsp3) is 0. The van der Waals surface area contributed by atoms with E-state index in [1.165, 1.54) is 0 Å². The van der Waals surface area contributed by atoms with Gasteiger partial charge in [0, 0.05) is 11.8 Å². The van der Waals surface area contributed by atoms with E-state index in [9.17, 15) is 4.79 Å². The van der Waals surface area contributed by atoms with Crippen LogP contribution >= 0.6 is 0 Å². The number of aromatic amines is 1. The van der Waals surface area contributed by atoms with Crippen LogP contribution in [0.15, 0.2) is 101 Å². The third-order valence-corrected chi connectivity index (χ3v) is 4.10. The summed E-state index contributed by atoms with van der Waals surface area (Å²) >= 11 is 0. The zero-order valence-electron chi connectivity index (χ0n) is 14.0. The first-order valence-electron chi connectivity index (χ1n) is 8.38. The van der Waals surface area contributed by atoms with Crippen molar-refractivity contribution in [3.05, 3.63) is 107 Å². The first kappa shape index (κ1) is 15.8. The number of hydrogen-bond donors (Lipinski definition) is 1. The zero-order chi connectivity index (χ0) is 17.8. The summed E-state index contributed by atoms with van der Waals surface area (Å²) in [5.41, 5.74) is 3.68. The van der Waals surface area contributed by atoms with Crippen molar-refractivity contribution in [2.45, 2.75) is 0 Å². The Morgan fingerprint density at radius 2 is 1.35 bits per heavy atom. The minimum absolute atomic E-state index is 0.130. The second-order valence-corrected chi connectivity index (χ2v) is 5.84. The van der Waals surface area contributed by atoms with Crippen molar-refractivity contribution in [3.8, 4) is 16.9 Å². The second kappa shape index (κ2) is 7.07. The van der Waals surface area contributed by atoms with Gasteiger partial charge in [0.15, 0.2) is 0 Å². The zero-order valence-corrected chi connectivity index (χ0v) is 14.0. The number of H-pyrrole nitrogens is 1. The maximum atomic E-state index is 13.0. The van der Waals surface area contributed by atoms with Crippen molar-refractivity contribution in [3.63, 3.8) is 0 Å². The number of nitrogens with zero attached hydrogens (tertiary/aromatic N) is 2. The molecule has 0 unspecified atom stereocenters. The van der Waals surface area contributed by atoms with Crippen LogP contribution in [0.4, 0.5) is 5.69 Å². The molecule has 0 bridgehead atoms. The van der Waals surface area contributed by atoms with Crippen molar-refractivity contribution in [1.82, 2.24) is 9.78 Å². The summed E-state index contributed by atoms with van der Waals surface area (Å²) in [6.07, 6.45) is 1.63. The summed E-state index contributed by atoms with van der Waals surface area (Å²) in [6, 6.07) is 28.9. The largest absolute Gasteiger partial charge is 0.290 e. The summed E-state index contributed by atoms with van der Waals surface area (Å²) in [5, 5.41) is 3.23. The van der Waals surface area contributed by atoms with Gasteiger partial charge in [-0.05, 0) is 24.3 Å². The van der Waals surface area contributed by atoms with Crippen LogP contribution in [0.2, 0.25) is 0 Å². The SMILES string of the molecule is O=c1c(C=Nc2ccccc2)c(-c2ccccc2)[nH]n1-c1ccccc1. The summed E-state index contributed by atoms with van der Waals surface area (Å²) in [5.74, 6) is 0. The molecule has 1 heterocycles. The minimum atomic E-state index is -0.130. The highest BCUT2D eigenvalue weighted by Gasteiger charge is 2.15. The molecular formula is C22H17N3O. The van der Waals surface area contributed by atoms with Gasteiger partial charge in [0.1, 0.15) is 0 Å². The molecule has 0 amide bonds. The van der Waals surface area contributed by atoms with Gasteiger partial charge in [-0.15, -0.1) is 0 Å².